The summed E-state index contributed by atoms with van der Waals surface area (Å²) in [5.74, 6) is -1.84. The minimum atomic E-state index is -4.99. The Balaban J connectivity index is 3.31. The number of halogens is 4. The molecule has 0 heterocycles. The van der Waals surface area contributed by atoms with Crippen LogP contribution in [0, 0.1) is 28.5 Å². The van der Waals surface area contributed by atoms with Gasteiger partial charge in [-0.1, -0.05) is 6.07 Å². The van der Waals surface area contributed by atoms with Gasteiger partial charge in [-0.3, -0.25) is 0 Å². The average molecular weight is 256 g/mol. The van der Waals surface area contributed by atoms with Gasteiger partial charge in [0.15, 0.2) is 0 Å². The third kappa shape index (κ3) is 3.49. The lowest BCUT2D eigenvalue weighted by atomic mass is 10.1. The van der Waals surface area contributed by atoms with E-state index in [1.807, 2.05) is 0 Å². The van der Waals surface area contributed by atoms with Crippen LogP contribution in [-0.4, -0.2) is 6.36 Å². The van der Waals surface area contributed by atoms with Crippen LogP contribution in [0.3, 0.4) is 0 Å². The molecule has 1 aromatic rings. The number of hydrogen-bond acceptors (Lipinski definition) is 3. The molecule has 18 heavy (non-hydrogen) atoms. The van der Waals surface area contributed by atoms with Gasteiger partial charge in [-0.15, -0.1) is 13.2 Å². The Labute approximate surface area is 99.1 Å². The fourth-order valence-electron chi connectivity index (χ4n) is 1.10. The van der Waals surface area contributed by atoms with Gasteiger partial charge in [0.2, 0.25) is 0 Å². The summed E-state index contributed by atoms with van der Waals surface area (Å²) in [6.45, 7) is 0. The zero-order chi connectivity index (χ0) is 13.8. The number of hydrogen-bond donors (Lipinski definition) is 0. The van der Waals surface area contributed by atoms with E-state index in [1.54, 1.807) is 0 Å². The quantitative estimate of drug-likeness (QED) is 0.603. The molecule has 0 amide bonds. The van der Waals surface area contributed by atoms with Crippen molar-refractivity contribution in [3.8, 4) is 17.9 Å². The first kappa shape index (κ1) is 13.5. The summed E-state index contributed by atoms with van der Waals surface area (Å²) in [7, 11) is 0. The van der Waals surface area contributed by atoms with Gasteiger partial charge >= 0.3 is 6.36 Å². The molecule has 0 aliphatic rings. The lowest BCUT2D eigenvalue weighted by Gasteiger charge is -2.11. The highest BCUT2D eigenvalue weighted by molar-refractivity contribution is 5.66. The van der Waals surface area contributed by atoms with Gasteiger partial charge < -0.3 is 4.74 Å². The Morgan fingerprint density at radius 3 is 2.33 bits per heavy atom. The molecule has 0 aliphatic carbocycles. The molecule has 1 rings (SSSR count). The molecule has 0 saturated heterocycles. The minimum absolute atomic E-state index is 0.535. The number of benzene rings is 1. The smallest absolute Gasteiger partial charge is 0.405 e. The predicted molar refractivity (Wildman–Crippen MR) is 52.3 cm³/mol. The van der Waals surface area contributed by atoms with Gasteiger partial charge in [0.1, 0.15) is 29.3 Å². The number of alkyl halides is 3. The van der Waals surface area contributed by atoms with Crippen LogP contribution in [-0.2, 0) is 0 Å². The first-order valence-corrected chi connectivity index (χ1v) is 4.43. The van der Waals surface area contributed by atoms with Crippen molar-refractivity contribution in [2.75, 3.05) is 0 Å². The standard InChI is InChI=1S/C11H4F4N2O/c12-9-2-1-3-10(18-11(13,14)15)8(9)4-7(5-16)6-17/h1-4H. The summed E-state index contributed by atoms with van der Waals surface area (Å²) in [5.41, 5.74) is -1.14. The second-order valence-corrected chi connectivity index (χ2v) is 2.98. The summed E-state index contributed by atoms with van der Waals surface area (Å²) in [5, 5.41) is 17.0. The van der Waals surface area contributed by atoms with Crippen LogP contribution < -0.4 is 4.74 Å². The molecular weight excluding hydrogens is 252 g/mol. The van der Waals surface area contributed by atoms with Crippen molar-refractivity contribution in [1.82, 2.24) is 0 Å². The van der Waals surface area contributed by atoms with Crippen LogP contribution in [0.15, 0.2) is 23.8 Å². The summed E-state index contributed by atoms with van der Waals surface area (Å²) >= 11 is 0. The molecule has 3 nitrogen and oxygen atoms in total. The first-order valence-electron chi connectivity index (χ1n) is 4.43. The largest absolute Gasteiger partial charge is 0.573 e. The second-order valence-electron chi connectivity index (χ2n) is 2.98. The van der Waals surface area contributed by atoms with Crippen LogP contribution in [0.5, 0.6) is 5.75 Å². The molecular formula is C11H4F4N2O. The van der Waals surface area contributed by atoms with Crippen molar-refractivity contribution in [3.63, 3.8) is 0 Å². The summed E-state index contributed by atoms with van der Waals surface area (Å²) in [4.78, 5) is 0. The van der Waals surface area contributed by atoms with Gasteiger partial charge in [-0.05, 0) is 18.2 Å². The molecule has 0 radical (unpaired) electrons. The molecule has 0 spiro atoms. The molecule has 1 aromatic carbocycles. The van der Waals surface area contributed by atoms with Crippen molar-refractivity contribution >= 4 is 6.08 Å². The van der Waals surface area contributed by atoms with Crippen molar-refractivity contribution < 1.29 is 22.3 Å². The Morgan fingerprint density at radius 2 is 1.83 bits per heavy atom. The average Bonchev–Trinajstić information content (AvgIpc) is 2.27. The van der Waals surface area contributed by atoms with Crippen LogP contribution in [0.4, 0.5) is 17.6 Å². The normalized spacial score (nSPS) is 10.1. The maximum Gasteiger partial charge on any atom is 0.573 e. The number of nitriles is 2. The van der Waals surface area contributed by atoms with E-state index in [-0.39, 0.29) is 0 Å². The zero-order valence-corrected chi connectivity index (χ0v) is 8.62. The fraction of sp³-hybridized carbons (Fsp3) is 0.0909. The predicted octanol–water partition coefficient (Wildman–Crippen LogP) is 3.15. The Kier molecular flexibility index (Phi) is 3.90. The van der Waals surface area contributed by atoms with Gasteiger partial charge in [-0.2, -0.15) is 10.5 Å². The van der Waals surface area contributed by atoms with E-state index in [9.17, 15) is 17.6 Å². The third-order valence-corrected chi connectivity index (χ3v) is 1.77. The van der Waals surface area contributed by atoms with Gasteiger partial charge in [0.05, 0.1) is 5.56 Å². The second kappa shape index (κ2) is 5.19. The molecule has 7 heteroatoms. The lowest BCUT2D eigenvalue weighted by Crippen LogP contribution is -2.18. The monoisotopic (exact) mass is 256 g/mol. The topological polar surface area (TPSA) is 56.8 Å². The zero-order valence-electron chi connectivity index (χ0n) is 8.62. The number of rotatable bonds is 2. The molecule has 0 saturated carbocycles. The Hall–Kier alpha value is -2.54. The van der Waals surface area contributed by atoms with Gasteiger partial charge in [-0.25, -0.2) is 4.39 Å². The van der Waals surface area contributed by atoms with Crippen LogP contribution >= 0.6 is 0 Å². The first-order chi connectivity index (χ1) is 8.37. The van der Waals surface area contributed by atoms with Crippen LogP contribution in [0.1, 0.15) is 5.56 Å². The third-order valence-electron chi connectivity index (χ3n) is 1.77. The molecule has 0 atom stereocenters. The van der Waals surface area contributed by atoms with Gasteiger partial charge in [0.25, 0.3) is 0 Å². The number of ether oxygens (including phenoxy) is 1. The lowest BCUT2D eigenvalue weighted by molar-refractivity contribution is -0.274. The minimum Gasteiger partial charge on any atom is -0.405 e. The summed E-state index contributed by atoms with van der Waals surface area (Å²) < 4.78 is 53.1. The molecule has 92 valence electrons. The van der Waals surface area contributed by atoms with E-state index < -0.39 is 29.1 Å². The van der Waals surface area contributed by atoms with Crippen molar-refractivity contribution in [2.45, 2.75) is 6.36 Å². The SMILES string of the molecule is N#CC(C#N)=Cc1c(F)cccc1OC(F)(F)F. The van der Waals surface area contributed by atoms with Gasteiger partial charge in [0, 0.05) is 0 Å². The van der Waals surface area contributed by atoms with E-state index in [1.165, 1.54) is 12.1 Å². The maximum absolute atomic E-state index is 13.3. The maximum atomic E-state index is 13.3. The molecule has 0 fully saturated rings. The summed E-state index contributed by atoms with van der Waals surface area (Å²) in [6, 6.07) is 5.62. The molecule has 0 aliphatic heterocycles. The highest BCUT2D eigenvalue weighted by Crippen LogP contribution is 2.29. The molecule has 0 bridgehead atoms. The number of nitrogens with zero attached hydrogens (tertiary/aromatic N) is 2. The highest BCUT2D eigenvalue weighted by Gasteiger charge is 2.32. The highest BCUT2D eigenvalue weighted by atomic mass is 19.4. The Bertz CT molecular complexity index is 548. The van der Waals surface area contributed by atoms with Crippen molar-refractivity contribution in [2.24, 2.45) is 0 Å². The van der Waals surface area contributed by atoms with E-state index >= 15 is 0 Å². The summed E-state index contributed by atoms with van der Waals surface area (Å²) in [6.07, 6.45) is -4.30. The van der Waals surface area contributed by atoms with E-state index in [0.717, 1.165) is 18.2 Å². The van der Waals surface area contributed by atoms with Crippen LogP contribution in [0.2, 0.25) is 0 Å². The fourth-order valence-corrected chi connectivity index (χ4v) is 1.10. The van der Waals surface area contributed by atoms with E-state index in [2.05, 4.69) is 4.74 Å². The number of allylic oxidation sites excluding steroid dienone is 1. The Morgan fingerprint density at radius 1 is 1.22 bits per heavy atom. The van der Waals surface area contributed by atoms with Crippen LogP contribution in [0.25, 0.3) is 6.08 Å². The van der Waals surface area contributed by atoms with Crippen molar-refractivity contribution in [3.05, 3.63) is 35.2 Å². The molecule has 0 N–H and O–H groups in total. The molecule has 0 unspecified atom stereocenters. The van der Waals surface area contributed by atoms with E-state index in [4.69, 9.17) is 10.5 Å². The van der Waals surface area contributed by atoms with Crippen molar-refractivity contribution in [1.29, 1.82) is 10.5 Å². The molecule has 0 aromatic heterocycles. The van der Waals surface area contributed by atoms with E-state index in [0.29, 0.717) is 6.08 Å².